The molecule has 2 heterocycles. The molecule has 146 valence electrons. The first-order valence-electron chi connectivity index (χ1n) is 9.11. The van der Waals surface area contributed by atoms with Crippen molar-refractivity contribution in [1.82, 2.24) is 9.97 Å². The summed E-state index contributed by atoms with van der Waals surface area (Å²) in [7, 11) is 0. The second kappa shape index (κ2) is 8.99. The van der Waals surface area contributed by atoms with Crippen LogP contribution in [-0.2, 0) is 6.61 Å². The van der Waals surface area contributed by atoms with Crippen LogP contribution in [0.15, 0.2) is 78.4 Å². The van der Waals surface area contributed by atoms with Crippen LogP contribution in [0, 0.1) is 11.3 Å². The smallest absolute Gasteiger partial charge is 0.257 e. The van der Waals surface area contributed by atoms with Gasteiger partial charge in [0.25, 0.3) is 5.91 Å². The first-order valence-corrected chi connectivity index (χ1v) is 9.99. The predicted octanol–water partition coefficient (Wildman–Crippen LogP) is 4.91. The number of nitrogens with zero attached hydrogens (tertiary/aromatic N) is 3. The van der Waals surface area contributed by atoms with E-state index in [4.69, 9.17) is 4.74 Å². The lowest BCUT2D eigenvalue weighted by molar-refractivity contribution is 0.102. The molecule has 2 aromatic heterocycles. The number of benzene rings is 2. The van der Waals surface area contributed by atoms with Crippen LogP contribution in [0.25, 0.3) is 11.3 Å². The maximum absolute atomic E-state index is 12.6. The molecule has 2 aromatic carbocycles. The topological polar surface area (TPSA) is 87.9 Å². The zero-order valence-corrected chi connectivity index (χ0v) is 16.6. The Hall–Kier alpha value is -4.02. The molecule has 0 atom stereocenters. The van der Waals surface area contributed by atoms with E-state index in [1.807, 2.05) is 35.7 Å². The Balaban J connectivity index is 1.43. The van der Waals surface area contributed by atoms with Gasteiger partial charge in [0.15, 0.2) is 5.13 Å². The third-order valence-corrected chi connectivity index (χ3v) is 5.07. The fourth-order valence-electron chi connectivity index (χ4n) is 2.79. The van der Waals surface area contributed by atoms with Crippen LogP contribution in [0.5, 0.6) is 5.75 Å². The van der Waals surface area contributed by atoms with E-state index in [0.717, 1.165) is 16.8 Å². The number of amides is 1. The molecule has 7 heteroatoms. The van der Waals surface area contributed by atoms with Crippen LogP contribution >= 0.6 is 11.3 Å². The van der Waals surface area contributed by atoms with Crippen LogP contribution in [0.3, 0.4) is 0 Å². The average Bonchev–Trinajstić information content (AvgIpc) is 3.27. The van der Waals surface area contributed by atoms with Gasteiger partial charge in [-0.1, -0.05) is 24.3 Å². The number of nitriles is 1. The number of carbonyl (C=O) groups is 1. The lowest BCUT2D eigenvalue weighted by Crippen LogP contribution is -2.11. The highest BCUT2D eigenvalue weighted by atomic mass is 32.1. The third kappa shape index (κ3) is 4.51. The number of hydrogen-bond donors (Lipinski definition) is 1. The van der Waals surface area contributed by atoms with Crippen LogP contribution in [0.2, 0.25) is 0 Å². The van der Waals surface area contributed by atoms with Gasteiger partial charge in [-0.15, -0.1) is 11.3 Å². The summed E-state index contributed by atoms with van der Waals surface area (Å²) < 4.78 is 5.79. The molecular formula is C23H16N4O2S. The van der Waals surface area contributed by atoms with Crippen molar-refractivity contribution in [1.29, 1.82) is 5.26 Å². The summed E-state index contributed by atoms with van der Waals surface area (Å²) in [4.78, 5) is 21.2. The van der Waals surface area contributed by atoms with Gasteiger partial charge in [-0.25, -0.2) is 4.98 Å². The van der Waals surface area contributed by atoms with E-state index in [0.29, 0.717) is 22.0 Å². The number of rotatable bonds is 6. The molecule has 0 fully saturated rings. The Morgan fingerprint density at radius 2 is 2.03 bits per heavy atom. The minimum atomic E-state index is -0.273. The summed E-state index contributed by atoms with van der Waals surface area (Å²) in [6.45, 7) is 0.246. The first-order chi connectivity index (χ1) is 14.7. The number of aromatic nitrogens is 2. The second-order valence-corrected chi connectivity index (χ2v) is 7.18. The van der Waals surface area contributed by atoms with Gasteiger partial charge in [-0.05, 0) is 36.4 Å². The van der Waals surface area contributed by atoms with E-state index >= 15 is 0 Å². The van der Waals surface area contributed by atoms with E-state index in [9.17, 15) is 10.1 Å². The fraction of sp³-hybridized carbons (Fsp3) is 0.0435. The largest absolute Gasteiger partial charge is 0.489 e. The molecule has 0 saturated heterocycles. The highest BCUT2D eigenvalue weighted by Gasteiger charge is 2.11. The summed E-state index contributed by atoms with van der Waals surface area (Å²) in [5.74, 6) is 0.274. The molecule has 0 radical (unpaired) electrons. The van der Waals surface area contributed by atoms with E-state index in [1.165, 1.54) is 11.3 Å². The third-order valence-electron chi connectivity index (χ3n) is 4.31. The lowest BCUT2D eigenvalue weighted by Gasteiger charge is -2.09. The van der Waals surface area contributed by atoms with Gasteiger partial charge in [-0.2, -0.15) is 5.26 Å². The maximum Gasteiger partial charge on any atom is 0.257 e. The molecular weight excluding hydrogens is 396 g/mol. The Morgan fingerprint density at radius 3 is 2.87 bits per heavy atom. The van der Waals surface area contributed by atoms with Crippen molar-refractivity contribution in [3.05, 3.63) is 95.1 Å². The number of thiazole rings is 1. The van der Waals surface area contributed by atoms with E-state index < -0.39 is 0 Å². The minimum Gasteiger partial charge on any atom is -0.489 e. The molecule has 30 heavy (non-hydrogen) atoms. The Kier molecular flexibility index (Phi) is 5.78. The van der Waals surface area contributed by atoms with E-state index in [1.54, 1.807) is 42.7 Å². The van der Waals surface area contributed by atoms with Gasteiger partial charge in [0.1, 0.15) is 12.4 Å². The molecule has 0 aliphatic heterocycles. The zero-order chi connectivity index (χ0) is 20.8. The zero-order valence-electron chi connectivity index (χ0n) is 15.8. The van der Waals surface area contributed by atoms with Gasteiger partial charge in [-0.3, -0.25) is 15.1 Å². The van der Waals surface area contributed by atoms with Crippen molar-refractivity contribution >= 4 is 22.4 Å². The molecule has 4 aromatic rings. The van der Waals surface area contributed by atoms with Crippen LogP contribution in [-0.4, -0.2) is 15.9 Å². The quantitative estimate of drug-likeness (QED) is 0.486. The molecule has 0 bridgehead atoms. The van der Waals surface area contributed by atoms with Crippen molar-refractivity contribution in [2.45, 2.75) is 6.61 Å². The molecule has 0 aliphatic carbocycles. The lowest BCUT2D eigenvalue weighted by atomic mass is 10.1. The second-order valence-electron chi connectivity index (χ2n) is 6.32. The van der Waals surface area contributed by atoms with E-state index in [-0.39, 0.29) is 12.5 Å². The van der Waals surface area contributed by atoms with Gasteiger partial charge in [0, 0.05) is 34.5 Å². The van der Waals surface area contributed by atoms with Crippen LogP contribution in [0.1, 0.15) is 21.5 Å². The number of ether oxygens (including phenoxy) is 1. The summed E-state index contributed by atoms with van der Waals surface area (Å²) >= 11 is 1.35. The fourth-order valence-corrected chi connectivity index (χ4v) is 3.51. The Morgan fingerprint density at radius 1 is 1.13 bits per heavy atom. The van der Waals surface area contributed by atoms with Gasteiger partial charge < -0.3 is 4.74 Å². The van der Waals surface area contributed by atoms with Crippen molar-refractivity contribution in [2.75, 3.05) is 5.32 Å². The standard InChI is InChI=1S/C23H16N4O2S/c24-12-17-5-1-2-6-19(17)14-29-20-9-3-7-16(11-20)22(28)27-23-26-21(15-30-23)18-8-4-10-25-13-18/h1-11,13,15H,14H2,(H,26,27,28). The Labute approximate surface area is 177 Å². The van der Waals surface area contributed by atoms with E-state index in [2.05, 4.69) is 21.4 Å². The summed E-state index contributed by atoms with van der Waals surface area (Å²) in [6, 6.07) is 20.1. The maximum atomic E-state index is 12.6. The van der Waals surface area contributed by atoms with Gasteiger partial charge in [0.05, 0.1) is 17.3 Å². The average molecular weight is 412 g/mol. The molecule has 4 rings (SSSR count). The molecule has 6 nitrogen and oxygen atoms in total. The summed E-state index contributed by atoms with van der Waals surface area (Å²) in [5.41, 5.74) is 3.47. The highest BCUT2D eigenvalue weighted by molar-refractivity contribution is 7.14. The summed E-state index contributed by atoms with van der Waals surface area (Å²) in [6.07, 6.45) is 3.43. The normalized spacial score (nSPS) is 10.2. The molecule has 0 unspecified atom stereocenters. The monoisotopic (exact) mass is 412 g/mol. The molecule has 0 saturated carbocycles. The highest BCUT2D eigenvalue weighted by Crippen LogP contribution is 2.25. The minimum absolute atomic E-state index is 0.246. The number of carbonyl (C=O) groups excluding carboxylic acids is 1. The summed E-state index contributed by atoms with van der Waals surface area (Å²) in [5, 5.41) is 14.4. The first kappa shape index (κ1) is 19.3. The Bertz CT molecular complexity index is 1220. The molecule has 0 aliphatic rings. The number of pyridine rings is 1. The van der Waals surface area contributed by atoms with Crippen molar-refractivity contribution in [3.63, 3.8) is 0 Å². The molecule has 1 N–H and O–H groups in total. The van der Waals surface area contributed by atoms with Gasteiger partial charge >= 0.3 is 0 Å². The number of anilines is 1. The number of hydrogen-bond acceptors (Lipinski definition) is 6. The van der Waals surface area contributed by atoms with Crippen LogP contribution in [0.4, 0.5) is 5.13 Å². The van der Waals surface area contributed by atoms with Crippen molar-refractivity contribution < 1.29 is 9.53 Å². The van der Waals surface area contributed by atoms with Gasteiger partial charge in [0.2, 0.25) is 0 Å². The van der Waals surface area contributed by atoms with Crippen molar-refractivity contribution in [3.8, 4) is 23.1 Å². The predicted molar refractivity (Wildman–Crippen MR) is 115 cm³/mol. The molecule has 0 spiro atoms. The van der Waals surface area contributed by atoms with Crippen molar-refractivity contribution in [2.24, 2.45) is 0 Å². The SMILES string of the molecule is N#Cc1ccccc1COc1cccc(C(=O)Nc2nc(-c3cccnc3)cs2)c1. The molecule has 1 amide bonds. The van der Waals surface area contributed by atoms with Crippen LogP contribution < -0.4 is 10.1 Å². The number of nitrogens with one attached hydrogen (secondary N) is 1.